The molecule has 2 N–H and O–H groups in total. The number of hydrogen-bond donors (Lipinski definition) is 2. The number of halogens is 2. The van der Waals surface area contributed by atoms with E-state index in [1.165, 1.54) is 25.0 Å². The minimum atomic E-state index is -0.502. The molecule has 1 aliphatic rings. The van der Waals surface area contributed by atoms with Gasteiger partial charge in [0.1, 0.15) is 11.5 Å². The van der Waals surface area contributed by atoms with Crippen molar-refractivity contribution >= 4 is 34.0 Å². The molecular formula is C11H13FIN3O2. The topological polar surface area (TPSA) is 67.2 Å². The van der Waals surface area contributed by atoms with Crippen molar-refractivity contribution in [2.75, 3.05) is 18.4 Å². The van der Waals surface area contributed by atoms with Crippen molar-refractivity contribution in [1.29, 1.82) is 0 Å². The van der Waals surface area contributed by atoms with E-state index in [9.17, 15) is 14.5 Å². The smallest absolute Gasteiger partial charge is 0.293 e. The van der Waals surface area contributed by atoms with Gasteiger partial charge in [0.2, 0.25) is 0 Å². The van der Waals surface area contributed by atoms with E-state index in [0.29, 0.717) is 12.6 Å². The minimum Gasteiger partial charge on any atom is -0.378 e. The van der Waals surface area contributed by atoms with Crippen LogP contribution >= 0.6 is 22.6 Å². The van der Waals surface area contributed by atoms with Crippen LogP contribution in [0.5, 0.6) is 0 Å². The molecule has 0 aliphatic heterocycles. The Morgan fingerprint density at radius 2 is 2.17 bits per heavy atom. The number of hydrogen-bond acceptors (Lipinski definition) is 4. The molecule has 0 heterocycles. The summed E-state index contributed by atoms with van der Waals surface area (Å²) in [5, 5.41) is 17.0. The summed E-state index contributed by atoms with van der Waals surface area (Å²) in [6.45, 7) is 1.26. The third-order valence-corrected chi connectivity index (χ3v) is 3.51. The Balaban J connectivity index is 1.99. The molecule has 1 saturated carbocycles. The minimum absolute atomic E-state index is 0.0905. The summed E-state index contributed by atoms with van der Waals surface area (Å²) < 4.78 is 13.6. The zero-order valence-electron chi connectivity index (χ0n) is 9.58. The largest absolute Gasteiger partial charge is 0.378 e. The van der Waals surface area contributed by atoms with Crippen molar-refractivity contribution in [2.45, 2.75) is 18.9 Å². The average molecular weight is 365 g/mol. The molecule has 98 valence electrons. The maximum atomic E-state index is 13.4. The van der Waals surface area contributed by atoms with Gasteiger partial charge in [-0.25, -0.2) is 4.39 Å². The lowest BCUT2D eigenvalue weighted by molar-refractivity contribution is -0.384. The number of rotatable bonds is 6. The lowest BCUT2D eigenvalue weighted by Gasteiger charge is -2.08. The van der Waals surface area contributed by atoms with Crippen LogP contribution in [0.1, 0.15) is 12.8 Å². The maximum Gasteiger partial charge on any atom is 0.293 e. The molecule has 5 nitrogen and oxygen atoms in total. The summed E-state index contributed by atoms with van der Waals surface area (Å²) >= 11 is 1.74. The Morgan fingerprint density at radius 1 is 1.44 bits per heavy atom. The Morgan fingerprint density at radius 3 is 2.78 bits per heavy atom. The zero-order valence-corrected chi connectivity index (χ0v) is 11.7. The van der Waals surface area contributed by atoms with E-state index in [4.69, 9.17) is 0 Å². The standard InChI is InChI=1S/C11H13FIN3O2/c12-8-5-10(11(16(17)18)6-9(8)13)15-4-3-14-7-1-2-7/h5-7,14-15H,1-4H2. The predicted molar refractivity (Wildman–Crippen MR) is 75.3 cm³/mol. The van der Waals surface area contributed by atoms with E-state index >= 15 is 0 Å². The molecule has 0 atom stereocenters. The molecule has 18 heavy (non-hydrogen) atoms. The van der Waals surface area contributed by atoms with Gasteiger partial charge in [0, 0.05) is 31.3 Å². The summed E-state index contributed by atoms with van der Waals surface area (Å²) in [7, 11) is 0. The molecule has 1 aromatic carbocycles. The van der Waals surface area contributed by atoms with Crippen LogP contribution in [0.25, 0.3) is 0 Å². The van der Waals surface area contributed by atoms with Gasteiger partial charge in [-0.1, -0.05) is 0 Å². The van der Waals surface area contributed by atoms with Crippen LogP contribution in [-0.2, 0) is 0 Å². The van der Waals surface area contributed by atoms with E-state index in [1.807, 2.05) is 0 Å². The Kier molecular flexibility index (Phi) is 4.33. The normalized spacial score (nSPS) is 14.6. The molecule has 0 amide bonds. The van der Waals surface area contributed by atoms with Gasteiger partial charge >= 0.3 is 0 Å². The van der Waals surface area contributed by atoms with E-state index < -0.39 is 10.7 Å². The first-order valence-electron chi connectivity index (χ1n) is 5.68. The summed E-state index contributed by atoms with van der Waals surface area (Å²) in [6.07, 6.45) is 2.39. The fraction of sp³-hybridized carbons (Fsp3) is 0.455. The lowest BCUT2D eigenvalue weighted by Crippen LogP contribution is -2.24. The predicted octanol–water partition coefficient (Wildman–Crippen LogP) is 2.50. The van der Waals surface area contributed by atoms with Crippen LogP contribution in [0.2, 0.25) is 0 Å². The first-order valence-corrected chi connectivity index (χ1v) is 6.76. The first-order chi connectivity index (χ1) is 8.58. The fourth-order valence-electron chi connectivity index (χ4n) is 1.59. The van der Waals surface area contributed by atoms with Crippen molar-refractivity contribution < 1.29 is 9.31 Å². The summed E-state index contributed by atoms with van der Waals surface area (Å²) in [5.74, 6) is -0.446. The van der Waals surface area contributed by atoms with Crippen LogP contribution in [0, 0.1) is 19.5 Å². The van der Waals surface area contributed by atoms with Gasteiger partial charge in [-0.15, -0.1) is 0 Å². The molecule has 2 rings (SSSR count). The monoisotopic (exact) mass is 365 g/mol. The first kappa shape index (κ1) is 13.5. The molecule has 0 aromatic heterocycles. The van der Waals surface area contributed by atoms with Crippen molar-refractivity contribution in [2.24, 2.45) is 0 Å². The van der Waals surface area contributed by atoms with Gasteiger partial charge in [-0.2, -0.15) is 0 Å². The van der Waals surface area contributed by atoms with Crippen LogP contribution < -0.4 is 10.6 Å². The van der Waals surface area contributed by atoms with Crippen LogP contribution in [0.4, 0.5) is 15.8 Å². The molecule has 1 fully saturated rings. The zero-order chi connectivity index (χ0) is 13.1. The van der Waals surface area contributed by atoms with Gasteiger partial charge < -0.3 is 10.6 Å². The van der Waals surface area contributed by atoms with Crippen molar-refractivity contribution in [3.8, 4) is 0 Å². The molecule has 0 bridgehead atoms. The van der Waals surface area contributed by atoms with E-state index in [0.717, 1.165) is 6.54 Å². The van der Waals surface area contributed by atoms with Crippen LogP contribution in [0.15, 0.2) is 12.1 Å². The SMILES string of the molecule is O=[N+]([O-])c1cc(I)c(F)cc1NCCNC1CC1. The number of nitrogens with one attached hydrogen (secondary N) is 2. The van der Waals surface area contributed by atoms with Crippen LogP contribution in [-0.4, -0.2) is 24.1 Å². The number of nitrogens with zero attached hydrogens (tertiary/aromatic N) is 1. The van der Waals surface area contributed by atoms with E-state index in [2.05, 4.69) is 10.6 Å². The molecule has 0 saturated heterocycles. The lowest BCUT2D eigenvalue weighted by atomic mass is 10.2. The highest BCUT2D eigenvalue weighted by atomic mass is 127. The van der Waals surface area contributed by atoms with E-state index in [-0.39, 0.29) is 14.9 Å². The molecule has 7 heteroatoms. The quantitative estimate of drug-likeness (QED) is 0.352. The number of benzene rings is 1. The molecule has 0 radical (unpaired) electrons. The number of nitro groups is 1. The Bertz CT molecular complexity index is 466. The summed E-state index contributed by atoms with van der Waals surface area (Å²) in [6, 6.07) is 3.01. The second kappa shape index (κ2) is 5.79. The Hall–Kier alpha value is -0.960. The van der Waals surface area contributed by atoms with Gasteiger partial charge in [-0.05, 0) is 35.4 Å². The van der Waals surface area contributed by atoms with Gasteiger partial charge in [0.15, 0.2) is 0 Å². The maximum absolute atomic E-state index is 13.4. The number of anilines is 1. The highest BCUT2D eigenvalue weighted by molar-refractivity contribution is 14.1. The third-order valence-electron chi connectivity index (χ3n) is 2.69. The molecule has 0 spiro atoms. The van der Waals surface area contributed by atoms with Gasteiger partial charge in [-0.3, -0.25) is 10.1 Å². The second-order valence-corrected chi connectivity index (χ2v) is 5.36. The fourth-order valence-corrected chi connectivity index (χ4v) is 2.04. The molecule has 1 aromatic rings. The third kappa shape index (κ3) is 3.52. The van der Waals surface area contributed by atoms with Crippen molar-refractivity contribution in [3.05, 3.63) is 31.6 Å². The Labute approximate surface area is 117 Å². The van der Waals surface area contributed by atoms with Gasteiger partial charge in [0.05, 0.1) is 8.49 Å². The molecule has 0 unspecified atom stereocenters. The molecular weight excluding hydrogens is 352 g/mol. The van der Waals surface area contributed by atoms with Crippen molar-refractivity contribution in [1.82, 2.24) is 5.32 Å². The summed E-state index contributed by atoms with van der Waals surface area (Å²) in [5.41, 5.74) is 0.141. The highest BCUT2D eigenvalue weighted by Gasteiger charge is 2.20. The van der Waals surface area contributed by atoms with Crippen LogP contribution in [0.3, 0.4) is 0 Å². The van der Waals surface area contributed by atoms with Gasteiger partial charge in [0.25, 0.3) is 5.69 Å². The van der Waals surface area contributed by atoms with Crippen molar-refractivity contribution in [3.63, 3.8) is 0 Å². The highest BCUT2D eigenvalue weighted by Crippen LogP contribution is 2.28. The molecule has 1 aliphatic carbocycles. The number of nitro benzene ring substituents is 1. The van der Waals surface area contributed by atoms with E-state index in [1.54, 1.807) is 22.6 Å². The second-order valence-electron chi connectivity index (χ2n) is 4.20. The summed E-state index contributed by atoms with van der Waals surface area (Å²) in [4.78, 5) is 10.4. The average Bonchev–Trinajstić information content (AvgIpc) is 3.12.